The first-order valence-electron chi connectivity index (χ1n) is 5.21. The minimum Gasteiger partial charge on any atom is -0.327 e. The fourth-order valence-electron chi connectivity index (χ4n) is 1.72. The molecule has 1 aliphatic rings. The number of aryl methyl sites for hydroxylation is 1. The van der Waals surface area contributed by atoms with Gasteiger partial charge in [0.05, 0.1) is 10.7 Å². The van der Waals surface area contributed by atoms with Crippen LogP contribution >= 0.6 is 11.3 Å². The van der Waals surface area contributed by atoms with Crippen LogP contribution in [0.1, 0.15) is 42.8 Å². The van der Waals surface area contributed by atoms with E-state index in [1.165, 1.54) is 15.6 Å². The van der Waals surface area contributed by atoms with E-state index in [2.05, 4.69) is 20.8 Å². The first kappa shape index (κ1) is 10.1. The Morgan fingerprint density at radius 3 is 2.79 bits per heavy atom. The Kier molecular flexibility index (Phi) is 2.40. The van der Waals surface area contributed by atoms with Crippen molar-refractivity contribution in [2.45, 2.75) is 51.5 Å². The molecule has 1 unspecified atom stereocenters. The van der Waals surface area contributed by atoms with E-state index in [-0.39, 0.29) is 5.41 Å². The molecule has 1 heterocycles. The lowest BCUT2D eigenvalue weighted by atomic mass is 9.97. The van der Waals surface area contributed by atoms with Crippen molar-refractivity contribution in [1.82, 2.24) is 4.98 Å². The summed E-state index contributed by atoms with van der Waals surface area (Å²) in [6.07, 6.45) is 3.20. The van der Waals surface area contributed by atoms with Gasteiger partial charge in [0, 0.05) is 16.3 Å². The van der Waals surface area contributed by atoms with Crippen molar-refractivity contribution in [1.29, 1.82) is 0 Å². The number of hydrogen-bond acceptors (Lipinski definition) is 3. The van der Waals surface area contributed by atoms with E-state index < -0.39 is 0 Å². The second-order valence-corrected chi connectivity index (χ2v) is 6.23. The van der Waals surface area contributed by atoms with Crippen molar-refractivity contribution < 1.29 is 0 Å². The monoisotopic (exact) mass is 210 g/mol. The number of nitrogens with zero attached hydrogens (tertiary/aromatic N) is 1. The molecule has 0 amide bonds. The summed E-state index contributed by atoms with van der Waals surface area (Å²) in [5, 5.41) is 1.26. The van der Waals surface area contributed by atoms with Crippen LogP contribution in [0.5, 0.6) is 0 Å². The van der Waals surface area contributed by atoms with E-state index in [1.54, 1.807) is 0 Å². The molecule has 0 spiro atoms. The predicted octanol–water partition coefficient (Wildman–Crippen LogP) is 2.26. The molecule has 1 aliphatic carbocycles. The molecule has 3 heteroatoms. The summed E-state index contributed by atoms with van der Waals surface area (Å²) >= 11 is 1.85. The Morgan fingerprint density at radius 1 is 1.43 bits per heavy atom. The van der Waals surface area contributed by atoms with Crippen molar-refractivity contribution in [3.63, 3.8) is 0 Å². The first-order valence-corrected chi connectivity index (χ1v) is 6.03. The highest BCUT2D eigenvalue weighted by atomic mass is 32.1. The number of aromatic nitrogens is 1. The van der Waals surface area contributed by atoms with Crippen molar-refractivity contribution in [3.05, 3.63) is 15.6 Å². The maximum absolute atomic E-state index is 5.95. The van der Waals surface area contributed by atoms with Gasteiger partial charge in [0.15, 0.2) is 0 Å². The highest BCUT2D eigenvalue weighted by molar-refractivity contribution is 7.11. The molecule has 2 rings (SSSR count). The molecule has 78 valence electrons. The van der Waals surface area contributed by atoms with E-state index in [4.69, 9.17) is 10.7 Å². The summed E-state index contributed by atoms with van der Waals surface area (Å²) < 4.78 is 0. The Morgan fingerprint density at radius 2 is 2.14 bits per heavy atom. The first-order chi connectivity index (χ1) is 6.47. The molecule has 1 atom stereocenters. The van der Waals surface area contributed by atoms with Crippen LogP contribution in [0.25, 0.3) is 0 Å². The normalized spacial score (nSPS) is 22.1. The molecule has 0 radical (unpaired) electrons. The minimum atomic E-state index is 0.187. The maximum Gasteiger partial charge on any atom is 0.0984 e. The standard InChI is InChI=1S/C11H18N2S/c1-11(2,3)10-13-8-5-4-7(12)6-9(8)14-10/h7H,4-6,12H2,1-3H3. The Balaban J connectivity index is 2.32. The molecule has 0 fully saturated rings. The van der Waals surface area contributed by atoms with Crippen LogP contribution in [-0.4, -0.2) is 11.0 Å². The average Bonchev–Trinajstić information content (AvgIpc) is 2.45. The highest BCUT2D eigenvalue weighted by Gasteiger charge is 2.24. The van der Waals surface area contributed by atoms with E-state index in [9.17, 15) is 0 Å². The number of nitrogens with two attached hydrogens (primary N) is 1. The fourth-order valence-corrected chi connectivity index (χ4v) is 2.98. The summed E-state index contributed by atoms with van der Waals surface area (Å²) in [5.74, 6) is 0. The predicted molar refractivity (Wildman–Crippen MR) is 60.8 cm³/mol. The molecule has 0 aliphatic heterocycles. The van der Waals surface area contributed by atoms with Crippen LogP contribution in [-0.2, 0) is 18.3 Å². The zero-order valence-corrected chi connectivity index (χ0v) is 9.95. The van der Waals surface area contributed by atoms with Crippen LogP contribution < -0.4 is 5.73 Å². The summed E-state index contributed by atoms with van der Waals surface area (Å²) in [4.78, 5) is 6.14. The molecule has 0 aromatic carbocycles. The van der Waals surface area contributed by atoms with E-state index in [0.29, 0.717) is 6.04 Å². The third-order valence-corrected chi connectivity index (χ3v) is 4.17. The molecule has 0 saturated carbocycles. The van der Waals surface area contributed by atoms with Crippen LogP contribution in [0, 0.1) is 0 Å². The highest BCUT2D eigenvalue weighted by Crippen LogP contribution is 2.32. The second kappa shape index (κ2) is 3.31. The minimum absolute atomic E-state index is 0.187. The van der Waals surface area contributed by atoms with Gasteiger partial charge in [0.2, 0.25) is 0 Å². The summed E-state index contributed by atoms with van der Waals surface area (Å²) in [5.41, 5.74) is 7.44. The van der Waals surface area contributed by atoms with Crippen molar-refractivity contribution in [3.8, 4) is 0 Å². The average molecular weight is 210 g/mol. The van der Waals surface area contributed by atoms with Gasteiger partial charge in [-0.2, -0.15) is 0 Å². The van der Waals surface area contributed by atoms with Gasteiger partial charge in [-0.25, -0.2) is 4.98 Å². The summed E-state index contributed by atoms with van der Waals surface area (Å²) in [6, 6.07) is 0.357. The number of fused-ring (bicyclic) bond motifs is 1. The van der Waals surface area contributed by atoms with Gasteiger partial charge < -0.3 is 5.73 Å². The van der Waals surface area contributed by atoms with Crippen molar-refractivity contribution >= 4 is 11.3 Å². The molecule has 1 aromatic rings. The van der Waals surface area contributed by atoms with Gasteiger partial charge in [-0.15, -0.1) is 11.3 Å². The Hall–Kier alpha value is -0.410. The number of thiazole rings is 1. The lowest BCUT2D eigenvalue weighted by Crippen LogP contribution is -2.27. The van der Waals surface area contributed by atoms with Gasteiger partial charge in [0.1, 0.15) is 0 Å². The zero-order chi connectivity index (χ0) is 10.3. The Bertz CT molecular complexity index is 336. The number of hydrogen-bond donors (Lipinski definition) is 1. The lowest BCUT2D eigenvalue weighted by Gasteiger charge is -2.15. The second-order valence-electron chi connectivity index (χ2n) is 5.14. The lowest BCUT2D eigenvalue weighted by molar-refractivity contribution is 0.562. The van der Waals surface area contributed by atoms with Gasteiger partial charge >= 0.3 is 0 Å². The molecular weight excluding hydrogens is 192 g/mol. The molecule has 0 saturated heterocycles. The van der Waals surface area contributed by atoms with Crippen molar-refractivity contribution in [2.24, 2.45) is 5.73 Å². The molecule has 2 N–H and O–H groups in total. The smallest absolute Gasteiger partial charge is 0.0984 e. The topological polar surface area (TPSA) is 38.9 Å². The third kappa shape index (κ3) is 1.84. The van der Waals surface area contributed by atoms with Gasteiger partial charge in [-0.3, -0.25) is 0 Å². The molecular formula is C11H18N2S. The van der Waals surface area contributed by atoms with E-state index >= 15 is 0 Å². The molecule has 1 aromatic heterocycles. The quantitative estimate of drug-likeness (QED) is 0.713. The van der Waals surface area contributed by atoms with Crippen LogP contribution in [0.15, 0.2) is 0 Å². The largest absolute Gasteiger partial charge is 0.327 e. The van der Waals surface area contributed by atoms with Crippen LogP contribution in [0.2, 0.25) is 0 Å². The van der Waals surface area contributed by atoms with Gasteiger partial charge in [-0.1, -0.05) is 20.8 Å². The third-order valence-electron chi connectivity index (χ3n) is 2.62. The summed E-state index contributed by atoms with van der Waals surface area (Å²) in [6.45, 7) is 6.66. The Labute approximate surface area is 89.5 Å². The van der Waals surface area contributed by atoms with Gasteiger partial charge in [0.25, 0.3) is 0 Å². The SMILES string of the molecule is CC(C)(C)c1nc2c(s1)CC(N)CC2. The maximum atomic E-state index is 5.95. The van der Waals surface area contributed by atoms with Gasteiger partial charge in [-0.05, 0) is 19.3 Å². The molecule has 0 bridgehead atoms. The molecule has 14 heavy (non-hydrogen) atoms. The van der Waals surface area contributed by atoms with Crippen LogP contribution in [0.3, 0.4) is 0 Å². The number of rotatable bonds is 0. The van der Waals surface area contributed by atoms with E-state index in [0.717, 1.165) is 19.3 Å². The van der Waals surface area contributed by atoms with Crippen LogP contribution in [0.4, 0.5) is 0 Å². The fraction of sp³-hybridized carbons (Fsp3) is 0.727. The zero-order valence-electron chi connectivity index (χ0n) is 9.13. The molecule has 2 nitrogen and oxygen atoms in total. The summed E-state index contributed by atoms with van der Waals surface area (Å²) in [7, 11) is 0. The van der Waals surface area contributed by atoms with Crippen molar-refractivity contribution in [2.75, 3.05) is 0 Å². The van der Waals surface area contributed by atoms with E-state index in [1.807, 2.05) is 11.3 Å².